The average Bonchev–Trinajstić information content (AvgIpc) is 3.86. The summed E-state index contributed by atoms with van der Waals surface area (Å²) in [5.41, 5.74) is 7.65. The van der Waals surface area contributed by atoms with E-state index in [0.717, 1.165) is 76.1 Å². The van der Waals surface area contributed by atoms with E-state index in [1.807, 2.05) is 117 Å². The van der Waals surface area contributed by atoms with Crippen LogP contribution in [0.4, 0.5) is 0 Å². The summed E-state index contributed by atoms with van der Waals surface area (Å²) in [5, 5.41) is 6.23. The maximum Gasteiger partial charge on any atom is 0.252 e. The Labute approximate surface area is 375 Å². The van der Waals surface area contributed by atoms with Crippen molar-refractivity contribution < 1.29 is 38.0 Å². The number of carbonyl (C=O) groups excluding carboxylic acids is 2. The monoisotopic (exact) mass is 864 g/mol. The number of ether oxygens (including phenoxy) is 6. The lowest BCUT2D eigenvalue weighted by atomic mass is 9.96. The summed E-state index contributed by atoms with van der Waals surface area (Å²) >= 11 is 0. The fourth-order valence-corrected chi connectivity index (χ4v) is 8.10. The quantitative estimate of drug-likeness (QED) is 0.0765. The van der Waals surface area contributed by atoms with Gasteiger partial charge in [0.1, 0.15) is 0 Å². The minimum Gasteiger partial charge on any atom is -0.493 e. The van der Waals surface area contributed by atoms with Crippen molar-refractivity contribution in [3.8, 4) is 23.0 Å². The lowest BCUT2D eigenvalue weighted by Crippen LogP contribution is -2.32. The number of methoxy groups -OCH3 is 2. The predicted octanol–water partition coefficient (Wildman–Crippen LogP) is 8.98. The molecule has 0 fully saturated rings. The first kappa shape index (κ1) is 45.3. The lowest BCUT2D eigenvalue weighted by Gasteiger charge is -2.25. The third-order valence-electron chi connectivity index (χ3n) is 11.3. The fraction of sp³-hybridized carbons (Fsp3) is 0.308. The van der Waals surface area contributed by atoms with Crippen LogP contribution in [0.3, 0.4) is 0 Å². The molecule has 4 aromatic carbocycles. The molecule has 12 heteroatoms. The molecule has 0 saturated heterocycles. The van der Waals surface area contributed by atoms with E-state index in [1.54, 1.807) is 39.0 Å². The Kier molecular flexibility index (Phi) is 15.9. The van der Waals surface area contributed by atoms with Crippen LogP contribution in [0, 0.1) is 0 Å². The van der Waals surface area contributed by atoms with Crippen molar-refractivity contribution in [3.05, 3.63) is 178 Å². The van der Waals surface area contributed by atoms with Gasteiger partial charge in [0.05, 0.1) is 64.9 Å². The molecule has 2 amide bonds. The number of hydrogen-bond donors (Lipinski definition) is 2. The van der Waals surface area contributed by atoms with Gasteiger partial charge >= 0.3 is 0 Å². The summed E-state index contributed by atoms with van der Waals surface area (Å²) in [4.78, 5) is 33.4. The third kappa shape index (κ3) is 11.4. The van der Waals surface area contributed by atoms with Crippen LogP contribution in [-0.4, -0.2) is 61.4 Å². The number of benzene rings is 4. The van der Waals surface area contributed by atoms with E-state index < -0.39 is 0 Å². The van der Waals surface area contributed by atoms with E-state index in [2.05, 4.69) is 26.7 Å². The molecular formula is C52H56N4O8. The molecule has 4 heterocycles. The van der Waals surface area contributed by atoms with E-state index in [9.17, 15) is 9.59 Å². The first-order chi connectivity index (χ1) is 31.4. The predicted molar refractivity (Wildman–Crippen MR) is 244 cm³/mol. The molecule has 0 aliphatic carbocycles. The van der Waals surface area contributed by atoms with E-state index in [4.69, 9.17) is 28.4 Å². The Hall–Kier alpha value is -6.76. The van der Waals surface area contributed by atoms with Gasteiger partial charge in [-0.3, -0.25) is 19.6 Å². The number of aryl methyl sites for hydroxylation is 2. The van der Waals surface area contributed by atoms with Gasteiger partial charge in [-0.05, 0) is 121 Å². The van der Waals surface area contributed by atoms with E-state index >= 15 is 0 Å². The van der Waals surface area contributed by atoms with Crippen molar-refractivity contribution in [3.63, 3.8) is 0 Å². The smallest absolute Gasteiger partial charge is 0.252 e. The highest BCUT2D eigenvalue weighted by atomic mass is 16.5. The van der Waals surface area contributed by atoms with Gasteiger partial charge in [0, 0.05) is 35.9 Å². The molecule has 3 unspecified atom stereocenters. The molecule has 0 radical (unpaired) electrons. The molecular weight excluding hydrogens is 809 g/mol. The molecule has 332 valence electrons. The van der Waals surface area contributed by atoms with E-state index in [0.29, 0.717) is 43.5 Å². The number of pyridine rings is 2. The van der Waals surface area contributed by atoms with Gasteiger partial charge in [0.2, 0.25) is 0 Å². The minimum atomic E-state index is -0.195. The van der Waals surface area contributed by atoms with Crippen LogP contribution in [0.5, 0.6) is 23.0 Å². The van der Waals surface area contributed by atoms with Crippen LogP contribution in [0.25, 0.3) is 0 Å². The molecule has 0 spiro atoms. The number of nitrogens with zero attached hydrogens (tertiary/aromatic N) is 2. The standard InChI is InChI=1S/C27H30N2O4.C25H26N2O4/c1-3-31-23-13-11-19(16-25(23)32-4-2)12-14-24(33-18-20-8-7-15-28-17-20)26-21-9-5-6-10-22(21)27(30)29-26;1-29-21-11-9-17(14-23(21)30-2)10-12-22(31-16-18-6-5-13-26-15-18)24-19-7-3-4-8-20(19)25(28)27-24/h5-11,13,15-17,24,26H,3-4,12,14,18H2,1-2H3,(H,29,30);3-9,11,13-15,22,24H,10,12,16H2,1-2H3,(H,27,28)/t24?,26-;/m1./s1. The molecule has 0 bridgehead atoms. The SMILES string of the molecule is CCOc1ccc(CCC(OCc2cccnc2)[C@@H]2NC(=O)c3ccccc32)cc1OCC.COc1ccc(CCC(OCc2cccnc2)C2NC(=O)c3ccccc32)cc1OC. The maximum atomic E-state index is 12.5. The van der Waals surface area contributed by atoms with Crippen LogP contribution in [0.15, 0.2) is 134 Å². The fourth-order valence-electron chi connectivity index (χ4n) is 8.10. The number of amides is 2. The zero-order chi connectivity index (χ0) is 44.7. The Morgan fingerprint density at radius 3 is 1.47 bits per heavy atom. The van der Waals surface area contributed by atoms with E-state index in [1.165, 1.54) is 0 Å². The highest BCUT2D eigenvalue weighted by Crippen LogP contribution is 2.35. The molecule has 2 aliphatic rings. The second-order valence-electron chi connectivity index (χ2n) is 15.4. The van der Waals surface area contributed by atoms with Crippen molar-refractivity contribution in [2.45, 2.75) is 77.0 Å². The van der Waals surface area contributed by atoms with Crippen molar-refractivity contribution in [2.24, 2.45) is 0 Å². The normalized spacial score (nSPS) is 15.7. The second-order valence-corrected chi connectivity index (χ2v) is 15.4. The number of rotatable bonds is 20. The second kappa shape index (κ2) is 22.5. The zero-order valence-electron chi connectivity index (χ0n) is 36.8. The highest BCUT2D eigenvalue weighted by Gasteiger charge is 2.36. The Morgan fingerprint density at radius 2 is 1.00 bits per heavy atom. The van der Waals surface area contributed by atoms with Gasteiger partial charge in [-0.25, -0.2) is 0 Å². The summed E-state index contributed by atoms with van der Waals surface area (Å²) in [6.45, 7) is 5.95. The maximum absolute atomic E-state index is 12.5. The first-order valence-electron chi connectivity index (χ1n) is 21.8. The Bertz CT molecular complexity index is 2450. The summed E-state index contributed by atoms with van der Waals surface area (Å²) in [7, 11) is 3.26. The van der Waals surface area contributed by atoms with Crippen molar-refractivity contribution in [1.29, 1.82) is 0 Å². The van der Waals surface area contributed by atoms with Crippen molar-refractivity contribution in [1.82, 2.24) is 20.6 Å². The highest BCUT2D eigenvalue weighted by molar-refractivity contribution is 5.99. The molecule has 6 aromatic rings. The average molecular weight is 865 g/mol. The number of fused-ring (bicyclic) bond motifs is 2. The molecule has 2 aromatic heterocycles. The van der Waals surface area contributed by atoms with Gasteiger partial charge in [-0.1, -0.05) is 60.7 Å². The molecule has 64 heavy (non-hydrogen) atoms. The van der Waals surface area contributed by atoms with Crippen LogP contribution < -0.4 is 29.6 Å². The van der Waals surface area contributed by atoms with Gasteiger partial charge in [0.25, 0.3) is 11.8 Å². The van der Waals surface area contributed by atoms with Crippen LogP contribution in [-0.2, 0) is 35.5 Å². The van der Waals surface area contributed by atoms with Gasteiger partial charge in [-0.15, -0.1) is 0 Å². The molecule has 12 nitrogen and oxygen atoms in total. The van der Waals surface area contributed by atoms with Gasteiger partial charge in [0.15, 0.2) is 23.0 Å². The largest absolute Gasteiger partial charge is 0.493 e. The van der Waals surface area contributed by atoms with E-state index in [-0.39, 0.29) is 36.1 Å². The topological polar surface area (TPSA) is 139 Å². The molecule has 8 rings (SSSR count). The zero-order valence-corrected chi connectivity index (χ0v) is 36.8. The number of hydrogen-bond acceptors (Lipinski definition) is 10. The lowest BCUT2D eigenvalue weighted by molar-refractivity contribution is 0.0113. The molecule has 0 saturated carbocycles. The summed E-state index contributed by atoms with van der Waals surface area (Å²) in [5.74, 6) is 2.81. The van der Waals surface area contributed by atoms with Gasteiger partial charge in [-0.2, -0.15) is 0 Å². The number of aromatic nitrogens is 2. The minimum absolute atomic E-state index is 0.0507. The van der Waals surface area contributed by atoms with Crippen LogP contribution >= 0.6 is 0 Å². The molecule has 2 N–H and O–H groups in total. The first-order valence-corrected chi connectivity index (χ1v) is 21.8. The molecule has 2 aliphatic heterocycles. The van der Waals surface area contributed by atoms with Crippen molar-refractivity contribution in [2.75, 3.05) is 27.4 Å². The molecule has 4 atom stereocenters. The number of carbonyl (C=O) groups is 2. The summed E-state index contributed by atoms with van der Waals surface area (Å²) in [6.07, 6.45) is 9.72. The van der Waals surface area contributed by atoms with Crippen LogP contribution in [0.1, 0.15) is 92.9 Å². The third-order valence-corrected chi connectivity index (χ3v) is 11.3. The summed E-state index contributed by atoms with van der Waals surface area (Å²) in [6, 6.07) is 34.8. The summed E-state index contributed by atoms with van der Waals surface area (Å²) < 4.78 is 34.9. The van der Waals surface area contributed by atoms with Crippen molar-refractivity contribution >= 4 is 11.8 Å². The van der Waals surface area contributed by atoms with Crippen LogP contribution in [0.2, 0.25) is 0 Å². The Balaban J connectivity index is 0.000000192. The number of nitrogens with one attached hydrogen (secondary N) is 2. The Morgan fingerprint density at radius 1 is 0.531 bits per heavy atom. The van der Waals surface area contributed by atoms with Gasteiger partial charge < -0.3 is 39.1 Å².